The highest BCUT2D eigenvalue weighted by molar-refractivity contribution is 6.17. The summed E-state index contributed by atoms with van der Waals surface area (Å²) in [5.74, 6) is -0.736. The number of anilines is 1. The lowest BCUT2D eigenvalue weighted by Crippen LogP contribution is -2.30. The summed E-state index contributed by atoms with van der Waals surface area (Å²) in [6.07, 6.45) is -0.821. The molecule has 0 saturated carbocycles. The number of hydrogen-bond acceptors (Lipinski definition) is 4. The van der Waals surface area contributed by atoms with Crippen LogP contribution < -0.4 is 10.1 Å². The van der Waals surface area contributed by atoms with Gasteiger partial charge in [0.25, 0.3) is 5.91 Å². The van der Waals surface area contributed by atoms with Gasteiger partial charge in [-0.1, -0.05) is 24.3 Å². The van der Waals surface area contributed by atoms with Crippen molar-refractivity contribution < 1.29 is 23.1 Å². The lowest BCUT2D eigenvalue weighted by molar-refractivity contribution is -0.122. The summed E-state index contributed by atoms with van der Waals surface area (Å²) in [5, 5.41) is 3.39. The molecule has 0 saturated heterocycles. The standard InChI is InChI=1S/C26H22FNO4/c1-15-7-6-10-21(16(15)2)31-17(3)26(30)28-23-20-8-4-5-9-22(20)32-25(23)24(29)18-11-13-19(27)14-12-18/h4-14,17H,1-3H3,(H,28,30)/t17-/m1/s1. The zero-order valence-corrected chi connectivity index (χ0v) is 17.9. The maximum absolute atomic E-state index is 13.3. The van der Waals surface area contributed by atoms with Crippen molar-refractivity contribution in [3.05, 3.63) is 95.0 Å². The van der Waals surface area contributed by atoms with E-state index in [9.17, 15) is 14.0 Å². The van der Waals surface area contributed by atoms with Gasteiger partial charge in [-0.2, -0.15) is 0 Å². The quantitative estimate of drug-likeness (QED) is 0.390. The smallest absolute Gasteiger partial charge is 0.265 e. The van der Waals surface area contributed by atoms with Crippen molar-refractivity contribution in [3.63, 3.8) is 0 Å². The number of furan rings is 1. The zero-order chi connectivity index (χ0) is 22.8. The molecule has 0 aliphatic rings. The molecule has 6 heteroatoms. The molecule has 1 heterocycles. The Morgan fingerprint density at radius 3 is 2.44 bits per heavy atom. The molecule has 3 aromatic carbocycles. The van der Waals surface area contributed by atoms with Crippen LogP contribution in [-0.2, 0) is 4.79 Å². The fourth-order valence-electron chi connectivity index (χ4n) is 3.38. The van der Waals surface area contributed by atoms with Crippen LogP contribution in [0, 0.1) is 19.7 Å². The number of fused-ring (bicyclic) bond motifs is 1. The second-order valence-electron chi connectivity index (χ2n) is 7.59. The number of hydrogen-bond donors (Lipinski definition) is 1. The highest BCUT2D eigenvalue weighted by atomic mass is 19.1. The van der Waals surface area contributed by atoms with Crippen LogP contribution in [0.5, 0.6) is 5.75 Å². The molecule has 1 amide bonds. The number of halogens is 1. The fourth-order valence-corrected chi connectivity index (χ4v) is 3.38. The monoisotopic (exact) mass is 431 g/mol. The maximum atomic E-state index is 13.3. The summed E-state index contributed by atoms with van der Waals surface area (Å²) in [7, 11) is 0. The molecule has 32 heavy (non-hydrogen) atoms. The third-order valence-electron chi connectivity index (χ3n) is 5.38. The van der Waals surface area contributed by atoms with E-state index >= 15 is 0 Å². The van der Waals surface area contributed by atoms with E-state index in [-0.39, 0.29) is 17.0 Å². The van der Waals surface area contributed by atoms with E-state index in [1.807, 2.05) is 32.0 Å². The van der Waals surface area contributed by atoms with Gasteiger partial charge in [-0.15, -0.1) is 0 Å². The van der Waals surface area contributed by atoms with Crippen molar-refractivity contribution in [3.8, 4) is 5.75 Å². The first-order chi connectivity index (χ1) is 15.3. The Bertz CT molecular complexity index is 1310. The number of carbonyl (C=O) groups excluding carboxylic acids is 2. The minimum absolute atomic E-state index is 0.0231. The Morgan fingerprint density at radius 2 is 1.69 bits per heavy atom. The molecule has 1 N–H and O–H groups in total. The zero-order valence-electron chi connectivity index (χ0n) is 17.9. The van der Waals surface area contributed by atoms with Gasteiger partial charge in [-0.05, 0) is 74.4 Å². The molecule has 162 valence electrons. The summed E-state index contributed by atoms with van der Waals surface area (Å²) in [4.78, 5) is 26.0. The molecular formula is C26H22FNO4. The summed E-state index contributed by atoms with van der Waals surface area (Å²) >= 11 is 0. The first kappa shape index (κ1) is 21.3. The molecule has 5 nitrogen and oxygen atoms in total. The first-order valence-electron chi connectivity index (χ1n) is 10.2. The minimum Gasteiger partial charge on any atom is -0.481 e. The molecule has 0 aliphatic carbocycles. The number of nitrogens with one attached hydrogen (secondary N) is 1. The van der Waals surface area contributed by atoms with Crippen molar-refractivity contribution in [2.24, 2.45) is 0 Å². The largest absolute Gasteiger partial charge is 0.481 e. The molecule has 0 aliphatic heterocycles. The molecule has 1 aromatic heterocycles. The Balaban J connectivity index is 1.65. The number of rotatable bonds is 6. The number of aryl methyl sites for hydroxylation is 1. The van der Waals surface area contributed by atoms with Gasteiger partial charge in [0.2, 0.25) is 5.78 Å². The number of benzene rings is 3. The average molecular weight is 431 g/mol. The molecule has 0 radical (unpaired) electrons. The van der Waals surface area contributed by atoms with Crippen LogP contribution >= 0.6 is 0 Å². The number of para-hydroxylation sites is 1. The topological polar surface area (TPSA) is 68.5 Å². The second kappa shape index (κ2) is 8.67. The highest BCUT2D eigenvalue weighted by Crippen LogP contribution is 2.33. The summed E-state index contributed by atoms with van der Waals surface area (Å²) in [5.41, 5.74) is 2.98. The van der Waals surface area contributed by atoms with Crippen LogP contribution in [0.3, 0.4) is 0 Å². The Kier molecular flexibility index (Phi) is 5.77. The number of carbonyl (C=O) groups is 2. The Morgan fingerprint density at radius 1 is 0.969 bits per heavy atom. The normalized spacial score (nSPS) is 11.9. The van der Waals surface area contributed by atoms with Crippen molar-refractivity contribution in [1.29, 1.82) is 0 Å². The maximum Gasteiger partial charge on any atom is 0.265 e. The molecular weight excluding hydrogens is 409 g/mol. The van der Waals surface area contributed by atoms with Crippen molar-refractivity contribution in [2.75, 3.05) is 5.32 Å². The summed E-state index contributed by atoms with van der Waals surface area (Å²) in [6.45, 7) is 5.54. The SMILES string of the molecule is Cc1cccc(O[C@H](C)C(=O)Nc2c(C(=O)c3ccc(F)cc3)oc3ccccc23)c1C. The second-order valence-corrected chi connectivity index (χ2v) is 7.59. The van der Waals surface area contributed by atoms with Crippen molar-refractivity contribution >= 4 is 28.3 Å². The van der Waals surface area contributed by atoms with E-state index in [1.54, 1.807) is 31.2 Å². The minimum atomic E-state index is -0.821. The molecule has 0 bridgehead atoms. The number of ketones is 1. The van der Waals surface area contributed by atoms with E-state index in [2.05, 4.69) is 5.32 Å². The third-order valence-corrected chi connectivity index (χ3v) is 5.38. The van der Waals surface area contributed by atoms with Crippen LogP contribution in [0.1, 0.15) is 34.2 Å². The highest BCUT2D eigenvalue weighted by Gasteiger charge is 2.25. The van der Waals surface area contributed by atoms with Crippen molar-refractivity contribution in [2.45, 2.75) is 26.9 Å². The molecule has 0 fully saturated rings. The van der Waals surface area contributed by atoms with Crippen LogP contribution in [0.15, 0.2) is 71.1 Å². The molecule has 1 atom stereocenters. The lowest BCUT2D eigenvalue weighted by atomic mass is 10.1. The van der Waals surface area contributed by atoms with E-state index in [1.165, 1.54) is 24.3 Å². The average Bonchev–Trinajstić information content (AvgIpc) is 3.15. The molecule has 4 aromatic rings. The third kappa shape index (κ3) is 4.12. The van der Waals surface area contributed by atoms with Crippen LogP contribution in [0.4, 0.5) is 10.1 Å². The summed E-state index contributed by atoms with van der Waals surface area (Å²) < 4.78 is 24.9. The van der Waals surface area contributed by atoms with Crippen molar-refractivity contribution in [1.82, 2.24) is 0 Å². The van der Waals surface area contributed by atoms with Gasteiger partial charge in [0.05, 0.1) is 5.69 Å². The molecule has 4 rings (SSSR count). The van der Waals surface area contributed by atoms with Gasteiger partial charge >= 0.3 is 0 Å². The Hall–Kier alpha value is -3.93. The van der Waals surface area contributed by atoms with E-state index in [4.69, 9.17) is 9.15 Å². The summed E-state index contributed by atoms with van der Waals surface area (Å²) in [6, 6.07) is 17.8. The fraction of sp³-hybridized carbons (Fsp3) is 0.154. The van der Waals surface area contributed by atoms with Gasteiger partial charge in [0.15, 0.2) is 11.9 Å². The van der Waals surface area contributed by atoms with Gasteiger partial charge in [0.1, 0.15) is 17.1 Å². The van der Waals surface area contributed by atoms with Gasteiger partial charge < -0.3 is 14.5 Å². The van der Waals surface area contributed by atoms with Crippen LogP contribution in [-0.4, -0.2) is 17.8 Å². The predicted octanol–water partition coefficient (Wildman–Crippen LogP) is 5.83. The number of ether oxygens (including phenoxy) is 1. The van der Waals surface area contributed by atoms with E-state index < -0.39 is 23.6 Å². The van der Waals surface area contributed by atoms with Gasteiger partial charge in [0, 0.05) is 10.9 Å². The molecule has 0 unspecified atom stereocenters. The van der Waals surface area contributed by atoms with E-state index in [0.29, 0.717) is 16.7 Å². The van der Waals surface area contributed by atoms with Gasteiger partial charge in [-0.3, -0.25) is 9.59 Å². The predicted molar refractivity (Wildman–Crippen MR) is 121 cm³/mol. The van der Waals surface area contributed by atoms with Crippen LogP contribution in [0.2, 0.25) is 0 Å². The van der Waals surface area contributed by atoms with Crippen LogP contribution in [0.25, 0.3) is 11.0 Å². The molecule has 0 spiro atoms. The number of amides is 1. The first-order valence-corrected chi connectivity index (χ1v) is 10.2. The lowest BCUT2D eigenvalue weighted by Gasteiger charge is -2.17. The Labute approximate surface area is 184 Å². The van der Waals surface area contributed by atoms with E-state index in [0.717, 1.165) is 11.1 Å². The van der Waals surface area contributed by atoms with Gasteiger partial charge in [-0.25, -0.2) is 4.39 Å².